The highest BCUT2D eigenvalue weighted by atomic mass is 16.5. The highest BCUT2D eigenvalue weighted by Gasteiger charge is 2.20. The molecule has 2 aromatic rings. The highest BCUT2D eigenvalue weighted by molar-refractivity contribution is 6.08. The number of esters is 1. The van der Waals surface area contributed by atoms with Crippen LogP contribution >= 0.6 is 0 Å². The second kappa shape index (κ2) is 8.65. The Labute approximate surface area is 146 Å². The van der Waals surface area contributed by atoms with E-state index in [-0.39, 0.29) is 17.5 Å². The molecule has 0 aliphatic carbocycles. The zero-order chi connectivity index (χ0) is 18.2. The molecule has 1 unspecified atom stereocenters. The summed E-state index contributed by atoms with van der Waals surface area (Å²) in [5, 5.41) is 0. The van der Waals surface area contributed by atoms with Crippen molar-refractivity contribution in [1.82, 2.24) is 4.98 Å². The van der Waals surface area contributed by atoms with Crippen LogP contribution in [0, 0.1) is 18.8 Å². The predicted octanol–water partition coefficient (Wildman–Crippen LogP) is 3.44. The number of aromatic nitrogens is 1. The van der Waals surface area contributed by atoms with Gasteiger partial charge < -0.3 is 9.15 Å². The van der Waals surface area contributed by atoms with Crippen molar-refractivity contribution < 1.29 is 18.7 Å². The van der Waals surface area contributed by atoms with Gasteiger partial charge in [0.1, 0.15) is 0 Å². The molecule has 25 heavy (non-hydrogen) atoms. The zero-order valence-corrected chi connectivity index (χ0v) is 14.4. The lowest BCUT2D eigenvalue weighted by molar-refractivity contribution is -0.137. The first-order valence-corrected chi connectivity index (χ1v) is 7.92. The molecule has 0 saturated heterocycles. The third-order valence-electron chi connectivity index (χ3n) is 3.51. The molecule has 0 aliphatic heterocycles. The van der Waals surface area contributed by atoms with E-state index in [1.165, 1.54) is 18.5 Å². The number of aryl methyl sites for hydroxylation is 1. The molecular weight excluding hydrogens is 318 g/mol. The van der Waals surface area contributed by atoms with E-state index in [0.29, 0.717) is 17.9 Å². The van der Waals surface area contributed by atoms with E-state index in [4.69, 9.17) is 9.15 Å². The molecule has 0 aliphatic rings. The summed E-state index contributed by atoms with van der Waals surface area (Å²) in [7, 11) is 0. The van der Waals surface area contributed by atoms with Crippen LogP contribution in [-0.4, -0.2) is 23.3 Å². The van der Waals surface area contributed by atoms with E-state index in [0.717, 1.165) is 5.56 Å². The molecular formula is C20H19NO4. The van der Waals surface area contributed by atoms with Gasteiger partial charge in [-0.15, -0.1) is 0 Å². The number of allylic oxidation sites excluding steroid dienone is 1. The van der Waals surface area contributed by atoms with E-state index in [1.54, 1.807) is 26.0 Å². The minimum absolute atomic E-state index is 0.199. The molecule has 1 heterocycles. The quantitative estimate of drug-likeness (QED) is 0.362. The Morgan fingerprint density at radius 3 is 2.80 bits per heavy atom. The van der Waals surface area contributed by atoms with Crippen LogP contribution in [0.5, 0.6) is 0 Å². The maximum atomic E-state index is 12.7. The molecule has 1 aromatic carbocycles. The molecule has 5 nitrogen and oxygen atoms in total. The molecule has 0 amide bonds. The van der Waals surface area contributed by atoms with Gasteiger partial charge in [0.25, 0.3) is 0 Å². The van der Waals surface area contributed by atoms with E-state index in [9.17, 15) is 9.59 Å². The van der Waals surface area contributed by atoms with Gasteiger partial charge in [0, 0.05) is 17.6 Å². The van der Waals surface area contributed by atoms with Crippen molar-refractivity contribution in [2.75, 3.05) is 6.61 Å². The summed E-state index contributed by atoms with van der Waals surface area (Å²) in [4.78, 5) is 27.9. The number of hydrogen-bond donors (Lipinski definition) is 0. The lowest BCUT2D eigenvalue weighted by Gasteiger charge is -2.10. The van der Waals surface area contributed by atoms with Crippen molar-refractivity contribution >= 4 is 11.8 Å². The molecule has 2 rings (SSSR count). The normalized spacial score (nSPS) is 11.6. The summed E-state index contributed by atoms with van der Waals surface area (Å²) in [6, 6.07) is 7.24. The monoisotopic (exact) mass is 337 g/mol. The SMILES string of the molecule is CCOC(=O)/C=C\C#CC(C)c1ccccc1C(=O)c1ocnc1C. The molecule has 5 heteroatoms. The maximum Gasteiger partial charge on any atom is 0.331 e. The van der Waals surface area contributed by atoms with Crippen molar-refractivity contribution in [3.63, 3.8) is 0 Å². The summed E-state index contributed by atoms with van der Waals surface area (Å²) in [5.41, 5.74) is 1.87. The second-order valence-electron chi connectivity index (χ2n) is 5.28. The van der Waals surface area contributed by atoms with Gasteiger partial charge in [-0.2, -0.15) is 0 Å². The summed E-state index contributed by atoms with van der Waals surface area (Å²) < 4.78 is 9.99. The zero-order valence-electron chi connectivity index (χ0n) is 14.4. The van der Waals surface area contributed by atoms with Crippen LogP contribution in [0.1, 0.15) is 47.1 Å². The first-order chi connectivity index (χ1) is 12.0. The van der Waals surface area contributed by atoms with Crippen LogP contribution in [0.2, 0.25) is 0 Å². The Bertz CT molecular complexity index is 852. The first kappa shape index (κ1) is 18.2. The van der Waals surface area contributed by atoms with Gasteiger partial charge in [0.05, 0.1) is 12.3 Å². The molecule has 0 radical (unpaired) electrons. The Morgan fingerprint density at radius 1 is 1.36 bits per heavy atom. The summed E-state index contributed by atoms with van der Waals surface area (Å²) in [6.45, 7) is 5.68. The van der Waals surface area contributed by atoms with Crippen molar-refractivity contribution in [3.8, 4) is 11.8 Å². The third kappa shape index (κ3) is 4.67. The van der Waals surface area contributed by atoms with Crippen LogP contribution in [-0.2, 0) is 9.53 Å². The van der Waals surface area contributed by atoms with Gasteiger partial charge in [-0.05, 0) is 32.4 Å². The fourth-order valence-electron chi connectivity index (χ4n) is 2.27. The van der Waals surface area contributed by atoms with Gasteiger partial charge in [0.2, 0.25) is 5.78 Å². The third-order valence-corrected chi connectivity index (χ3v) is 3.51. The molecule has 0 bridgehead atoms. The Morgan fingerprint density at radius 2 is 2.12 bits per heavy atom. The number of carbonyl (C=O) groups is 2. The second-order valence-corrected chi connectivity index (χ2v) is 5.28. The van der Waals surface area contributed by atoms with Crippen molar-refractivity contribution in [3.05, 3.63) is 65.4 Å². The van der Waals surface area contributed by atoms with Gasteiger partial charge in [-0.1, -0.05) is 36.1 Å². The largest absolute Gasteiger partial charge is 0.463 e. The number of benzene rings is 1. The van der Waals surface area contributed by atoms with Crippen LogP contribution < -0.4 is 0 Å². The molecule has 1 atom stereocenters. The molecule has 1 aromatic heterocycles. The van der Waals surface area contributed by atoms with Crippen LogP contribution in [0.15, 0.2) is 47.2 Å². The van der Waals surface area contributed by atoms with Gasteiger partial charge in [0.15, 0.2) is 12.2 Å². The van der Waals surface area contributed by atoms with E-state index >= 15 is 0 Å². The lowest BCUT2D eigenvalue weighted by atomic mass is 9.93. The lowest BCUT2D eigenvalue weighted by Crippen LogP contribution is -2.07. The molecule has 0 spiro atoms. The smallest absolute Gasteiger partial charge is 0.331 e. The van der Waals surface area contributed by atoms with Crippen LogP contribution in [0.25, 0.3) is 0 Å². The summed E-state index contributed by atoms with van der Waals surface area (Å²) in [5.74, 6) is 5.20. The number of ether oxygens (including phenoxy) is 1. The molecule has 0 saturated carbocycles. The minimum atomic E-state index is -0.430. The van der Waals surface area contributed by atoms with Crippen molar-refractivity contribution in [2.45, 2.75) is 26.7 Å². The highest BCUT2D eigenvalue weighted by Crippen LogP contribution is 2.23. The maximum absolute atomic E-state index is 12.7. The number of ketones is 1. The van der Waals surface area contributed by atoms with Crippen molar-refractivity contribution in [1.29, 1.82) is 0 Å². The molecule has 0 fully saturated rings. The number of oxazole rings is 1. The van der Waals surface area contributed by atoms with E-state index in [1.807, 2.05) is 19.1 Å². The average molecular weight is 337 g/mol. The van der Waals surface area contributed by atoms with Gasteiger partial charge >= 0.3 is 5.97 Å². The number of rotatable bonds is 5. The summed E-state index contributed by atoms with van der Waals surface area (Å²) in [6.07, 6.45) is 3.98. The van der Waals surface area contributed by atoms with Crippen LogP contribution in [0.3, 0.4) is 0 Å². The molecule has 0 N–H and O–H groups in total. The van der Waals surface area contributed by atoms with Crippen molar-refractivity contribution in [2.24, 2.45) is 0 Å². The van der Waals surface area contributed by atoms with Gasteiger partial charge in [-0.25, -0.2) is 9.78 Å². The fraction of sp³-hybridized carbons (Fsp3) is 0.250. The Hall–Kier alpha value is -3.13. The van der Waals surface area contributed by atoms with Crippen LogP contribution in [0.4, 0.5) is 0 Å². The first-order valence-electron chi connectivity index (χ1n) is 7.92. The average Bonchev–Trinajstić information content (AvgIpc) is 3.04. The van der Waals surface area contributed by atoms with E-state index in [2.05, 4.69) is 16.8 Å². The Kier molecular flexibility index (Phi) is 6.30. The predicted molar refractivity (Wildman–Crippen MR) is 93.1 cm³/mol. The standard InChI is InChI=1S/C20H19NO4/c1-4-24-18(22)12-8-5-9-14(2)16-10-6-7-11-17(16)19(23)20-15(3)21-13-25-20/h6-8,10-14H,4H2,1-3H3/b12-8-. The Balaban J connectivity index is 2.22. The number of hydrogen-bond acceptors (Lipinski definition) is 5. The van der Waals surface area contributed by atoms with E-state index < -0.39 is 5.97 Å². The fourth-order valence-corrected chi connectivity index (χ4v) is 2.27. The number of nitrogens with zero attached hydrogens (tertiary/aromatic N) is 1. The molecule has 128 valence electrons. The topological polar surface area (TPSA) is 69.4 Å². The minimum Gasteiger partial charge on any atom is -0.463 e. The van der Waals surface area contributed by atoms with Gasteiger partial charge in [-0.3, -0.25) is 4.79 Å². The summed E-state index contributed by atoms with van der Waals surface area (Å²) >= 11 is 0. The number of carbonyl (C=O) groups excluding carboxylic acids is 2.